The normalized spacial score (nSPS) is 13.7. The van der Waals surface area contributed by atoms with Crippen LogP contribution in [-0.2, 0) is 14.3 Å². The molecule has 0 aromatic carbocycles. The molecular formula is C56H101NO5. The highest BCUT2D eigenvalue weighted by atomic mass is 16.5. The molecule has 3 unspecified atom stereocenters. The van der Waals surface area contributed by atoms with Crippen LogP contribution in [0.2, 0.25) is 0 Å². The molecule has 0 fully saturated rings. The number of aliphatic hydroxyl groups excluding tert-OH is 2. The SMILES string of the molecule is CCCCC/C=C/C=C/CCCCCCCCC(=O)OC(CCCCC/C=C/C=C/C=C/CCCCCCC)CC(=O)NC(CO)C(O)CCCCCCCCCCCCCC. The first kappa shape index (κ1) is 59.6. The molecule has 3 atom stereocenters. The maximum atomic E-state index is 13.2. The van der Waals surface area contributed by atoms with Gasteiger partial charge in [0.05, 0.1) is 25.2 Å². The van der Waals surface area contributed by atoms with Gasteiger partial charge in [-0.3, -0.25) is 9.59 Å². The number of allylic oxidation sites excluding steroid dienone is 10. The average Bonchev–Trinajstić information content (AvgIpc) is 3.26. The Hall–Kier alpha value is -2.44. The molecule has 62 heavy (non-hydrogen) atoms. The second-order valence-corrected chi connectivity index (χ2v) is 18.0. The molecule has 0 aromatic rings. The first-order valence-corrected chi connectivity index (χ1v) is 26.6. The molecule has 0 aliphatic heterocycles. The van der Waals surface area contributed by atoms with Crippen molar-refractivity contribution in [3.63, 3.8) is 0 Å². The van der Waals surface area contributed by atoms with Gasteiger partial charge < -0.3 is 20.3 Å². The van der Waals surface area contributed by atoms with Crippen molar-refractivity contribution in [2.24, 2.45) is 0 Å². The van der Waals surface area contributed by atoms with Gasteiger partial charge >= 0.3 is 5.97 Å². The first-order valence-electron chi connectivity index (χ1n) is 26.6. The zero-order chi connectivity index (χ0) is 45.2. The van der Waals surface area contributed by atoms with E-state index in [0.29, 0.717) is 19.3 Å². The van der Waals surface area contributed by atoms with E-state index in [0.717, 1.165) is 77.0 Å². The van der Waals surface area contributed by atoms with Gasteiger partial charge in [0, 0.05) is 6.42 Å². The number of carbonyl (C=O) groups is 2. The van der Waals surface area contributed by atoms with E-state index in [1.165, 1.54) is 135 Å². The summed E-state index contributed by atoms with van der Waals surface area (Å²) in [5.41, 5.74) is 0. The lowest BCUT2D eigenvalue weighted by molar-refractivity contribution is -0.151. The molecule has 0 aliphatic rings. The largest absolute Gasteiger partial charge is 0.462 e. The molecule has 1 amide bonds. The van der Waals surface area contributed by atoms with Crippen LogP contribution in [0.5, 0.6) is 0 Å². The number of rotatable bonds is 47. The van der Waals surface area contributed by atoms with Crippen LogP contribution in [0, 0.1) is 0 Å². The number of aliphatic hydroxyl groups is 2. The van der Waals surface area contributed by atoms with Gasteiger partial charge in [-0.05, 0) is 77.0 Å². The number of hydrogen-bond acceptors (Lipinski definition) is 5. The number of amides is 1. The molecule has 0 rings (SSSR count). The molecule has 0 heterocycles. The molecule has 6 heteroatoms. The summed E-state index contributed by atoms with van der Waals surface area (Å²) in [6.45, 7) is 6.43. The van der Waals surface area contributed by atoms with Gasteiger partial charge in [-0.25, -0.2) is 0 Å². The monoisotopic (exact) mass is 868 g/mol. The minimum absolute atomic E-state index is 0.0492. The molecule has 3 N–H and O–H groups in total. The summed E-state index contributed by atoms with van der Waals surface area (Å²) in [4.78, 5) is 26.2. The Morgan fingerprint density at radius 3 is 1.29 bits per heavy atom. The second kappa shape index (κ2) is 49.6. The summed E-state index contributed by atoms with van der Waals surface area (Å²) in [6.07, 6.45) is 61.3. The minimum atomic E-state index is -0.800. The van der Waals surface area contributed by atoms with Crippen LogP contribution in [0.15, 0.2) is 60.8 Å². The third-order valence-corrected chi connectivity index (χ3v) is 11.9. The fourth-order valence-electron chi connectivity index (χ4n) is 7.83. The van der Waals surface area contributed by atoms with Gasteiger partial charge in [-0.1, -0.05) is 229 Å². The second-order valence-electron chi connectivity index (χ2n) is 18.0. The van der Waals surface area contributed by atoms with E-state index in [9.17, 15) is 19.8 Å². The van der Waals surface area contributed by atoms with Gasteiger partial charge in [0.2, 0.25) is 5.91 Å². The van der Waals surface area contributed by atoms with Crippen molar-refractivity contribution in [2.75, 3.05) is 6.61 Å². The quantitative estimate of drug-likeness (QED) is 0.0322. The first-order chi connectivity index (χ1) is 30.5. The van der Waals surface area contributed by atoms with Crippen LogP contribution in [0.25, 0.3) is 0 Å². The van der Waals surface area contributed by atoms with Crippen molar-refractivity contribution in [2.45, 2.75) is 277 Å². The van der Waals surface area contributed by atoms with E-state index in [4.69, 9.17) is 4.74 Å². The van der Waals surface area contributed by atoms with E-state index >= 15 is 0 Å². The maximum absolute atomic E-state index is 13.2. The Bertz CT molecular complexity index is 1110. The van der Waals surface area contributed by atoms with Crippen molar-refractivity contribution in [1.82, 2.24) is 5.32 Å². The molecular weight excluding hydrogens is 767 g/mol. The molecule has 0 saturated heterocycles. The van der Waals surface area contributed by atoms with Crippen molar-refractivity contribution in [1.29, 1.82) is 0 Å². The van der Waals surface area contributed by atoms with Crippen LogP contribution < -0.4 is 5.32 Å². The van der Waals surface area contributed by atoms with E-state index in [1.807, 2.05) is 0 Å². The molecule has 0 radical (unpaired) electrons. The fourth-order valence-corrected chi connectivity index (χ4v) is 7.83. The lowest BCUT2D eigenvalue weighted by Crippen LogP contribution is -2.46. The molecule has 0 bridgehead atoms. The molecule has 360 valence electrons. The van der Waals surface area contributed by atoms with Crippen LogP contribution in [0.4, 0.5) is 0 Å². The summed E-state index contributed by atoms with van der Waals surface area (Å²) in [5.74, 6) is -0.518. The van der Waals surface area contributed by atoms with E-state index in [-0.39, 0.29) is 24.9 Å². The summed E-state index contributed by atoms with van der Waals surface area (Å²) in [6, 6.07) is -0.716. The Balaban J connectivity index is 4.68. The number of unbranched alkanes of at least 4 members (excludes halogenated alkanes) is 28. The van der Waals surface area contributed by atoms with Crippen LogP contribution in [0.3, 0.4) is 0 Å². The zero-order valence-electron chi connectivity index (χ0n) is 41.0. The van der Waals surface area contributed by atoms with Crippen LogP contribution in [-0.4, -0.2) is 46.9 Å². The smallest absolute Gasteiger partial charge is 0.306 e. The summed E-state index contributed by atoms with van der Waals surface area (Å²) < 4.78 is 5.92. The average molecular weight is 868 g/mol. The van der Waals surface area contributed by atoms with Crippen LogP contribution >= 0.6 is 0 Å². The Kier molecular flexibility index (Phi) is 47.6. The van der Waals surface area contributed by atoms with Gasteiger partial charge in [-0.15, -0.1) is 0 Å². The highest BCUT2D eigenvalue weighted by molar-refractivity contribution is 5.77. The number of esters is 1. The van der Waals surface area contributed by atoms with E-state index in [1.54, 1.807) is 0 Å². The van der Waals surface area contributed by atoms with Crippen LogP contribution in [0.1, 0.15) is 258 Å². The maximum Gasteiger partial charge on any atom is 0.306 e. The van der Waals surface area contributed by atoms with E-state index < -0.39 is 18.2 Å². The predicted molar refractivity (Wildman–Crippen MR) is 268 cm³/mol. The lowest BCUT2D eigenvalue weighted by Gasteiger charge is -2.24. The van der Waals surface area contributed by atoms with Gasteiger partial charge in [0.1, 0.15) is 6.10 Å². The highest BCUT2D eigenvalue weighted by Crippen LogP contribution is 2.17. The number of hydrogen-bond donors (Lipinski definition) is 3. The summed E-state index contributed by atoms with van der Waals surface area (Å²) >= 11 is 0. The number of carbonyl (C=O) groups excluding carboxylic acids is 2. The number of ether oxygens (including phenoxy) is 1. The Labute approximate surface area is 384 Å². The predicted octanol–water partition coefficient (Wildman–Crippen LogP) is 16.0. The third kappa shape index (κ3) is 44.2. The van der Waals surface area contributed by atoms with Crippen molar-refractivity contribution < 1.29 is 24.5 Å². The molecule has 6 nitrogen and oxygen atoms in total. The number of nitrogens with one attached hydrogen (secondary N) is 1. The molecule has 0 aliphatic carbocycles. The topological polar surface area (TPSA) is 95.9 Å². The molecule has 0 spiro atoms. The Morgan fingerprint density at radius 2 is 0.823 bits per heavy atom. The van der Waals surface area contributed by atoms with Gasteiger partial charge in [0.15, 0.2) is 0 Å². The van der Waals surface area contributed by atoms with Gasteiger partial charge in [0.25, 0.3) is 0 Å². The van der Waals surface area contributed by atoms with E-state index in [2.05, 4.69) is 86.8 Å². The third-order valence-electron chi connectivity index (χ3n) is 11.9. The fraction of sp³-hybridized carbons (Fsp3) is 0.786. The summed E-state index contributed by atoms with van der Waals surface area (Å²) in [7, 11) is 0. The molecule has 0 saturated carbocycles. The summed E-state index contributed by atoms with van der Waals surface area (Å²) in [5, 5.41) is 23.8. The lowest BCUT2D eigenvalue weighted by atomic mass is 10.0. The molecule has 0 aromatic heterocycles. The Morgan fingerprint density at radius 1 is 0.468 bits per heavy atom. The van der Waals surface area contributed by atoms with Gasteiger partial charge in [-0.2, -0.15) is 0 Å². The van der Waals surface area contributed by atoms with Crippen molar-refractivity contribution >= 4 is 11.9 Å². The van der Waals surface area contributed by atoms with Crippen molar-refractivity contribution in [3.05, 3.63) is 60.8 Å². The highest BCUT2D eigenvalue weighted by Gasteiger charge is 2.24. The zero-order valence-corrected chi connectivity index (χ0v) is 41.0. The van der Waals surface area contributed by atoms with Crippen molar-refractivity contribution in [3.8, 4) is 0 Å². The standard InChI is InChI=1S/C56H101NO5/c1-4-7-10-13-16-19-22-25-27-29-30-32-35-38-41-44-47-52(62-56(61)49-46-43-40-37-34-31-28-26-23-20-17-14-11-8-5-2)50-55(60)57-53(51-58)54(59)48-45-42-39-36-33-24-21-18-15-12-9-6-3/h17,20,22-23,25-27,29-30,32,52-54,58-59H,4-16,18-19,21,24,28,31,33-51H2,1-3H3,(H,57,60)/b20-17+,25-22+,26-23+,29-27+,32-30+. The minimum Gasteiger partial charge on any atom is -0.462 e.